The molecule has 2 N–H and O–H groups in total. The lowest BCUT2D eigenvalue weighted by molar-refractivity contribution is 0.149. The van der Waals surface area contributed by atoms with Gasteiger partial charge in [-0.3, -0.25) is 4.90 Å². The number of nitrogens with two attached hydrogens (primary N) is 1. The van der Waals surface area contributed by atoms with Gasteiger partial charge in [0.15, 0.2) is 0 Å². The van der Waals surface area contributed by atoms with Crippen LogP contribution in [0.3, 0.4) is 0 Å². The van der Waals surface area contributed by atoms with Gasteiger partial charge in [-0.05, 0) is 56.2 Å². The van der Waals surface area contributed by atoms with E-state index in [0.29, 0.717) is 18.6 Å². The number of anilines is 1. The van der Waals surface area contributed by atoms with Gasteiger partial charge in [0.2, 0.25) is 0 Å². The van der Waals surface area contributed by atoms with Crippen molar-refractivity contribution >= 4 is 5.69 Å². The van der Waals surface area contributed by atoms with Gasteiger partial charge in [-0.2, -0.15) is 0 Å². The summed E-state index contributed by atoms with van der Waals surface area (Å²) in [5, 5.41) is 0. The van der Waals surface area contributed by atoms with Crippen molar-refractivity contribution in [2.75, 3.05) is 31.6 Å². The summed E-state index contributed by atoms with van der Waals surface area (Å²) in [6.07, 6.45) is 3.96. The van der Waals surface area contributed by atoms with Crippen molar-refractivity contribution in [2.45, 2.75) is 45.2 Å². The Bertz CT molecular complexity index is 493. The second-order valence-electron chi connectivity index (χ2n) is 7.05. The minimum absolute atomic E-state index is 0.363. The second kappa shape index (κ2) is 5.98. The quantitative estimate of drug-likeness (QED) is 0.873. The third-order valence-electron chi connectivity index (χ3n) is 5.07. The number of rotatable bonds is 6. The molecule has 21 heavy (non-hydrogen) atoms. The van der Waals surface area contributed by atoms with E-state index in [9.17, 15) is 0 Å². The van der Waals surface area contributed by atoms with E-state index >= 15 is 0 Å². The molecule has 0 bridgehead atoms. The van der Waals surface area contributed by atoms with Gasteiger partial charge in [0.25, 0.3) is 0 Å². The molecule has 1 saturated carbocycles. The molecule has 0 radical (unpaired) electrons. The summed E-state index contributed by atoms with van der Waals surface area (Å²) in [5.41, 5.74) is 10.4. The van der Waals surface area contributed by atoms with E-state index < -0.39 is 0 Å². The molecule has 2 aliphatic rings. The van der Waals surface area contributed by atoms with Crippen molar-refractivity contribution in [1.29, 1.82) is 0 Å². The topological polar surface area (TPSA) is 32.5 Å². The molecule has 0 spiro atoms. The van der Waals surface area contributed by atoms with Crippen LogP contribution in [-0.4, -0.2) is 37.6 Å². The molecule has 1 aliphatic carbocycles. The van der Waals surface area contributed by atoms with Gasteiger partial charge in [-0.15, -0.1) is 0 Å². The monoisotopic (exact) mass is 287 g/mol. The Morgan fingerprint density at radius 1 is 1.33 bits per heavy atom. The predicted octanol–water partition coefficient (Wildman–Crippen LogP) is 2.80. The number of hydrogen-bond donors (Lipinski definition) is 1. The molecule has 0 amide bonds. The lowest BCUT2D eigenvalue weighted by Gasteiger charge is -2.35. The summed E-state index contributed by atoms with van der Waals surface area (Å²) in [6.45, 7) is 7.65. The largest absolute Gasteiger partial charge is 0.374 e. The molecule has 116 valence electrons. The van der Waals surface area contributed by atoms with E-state index in [1.165, 1.54) is 42.6 Å². The molecule has 3 heteroatoms. The van der Waals surface area contributed by atoms with E-state index in [1.54, 1.807) is 0 Å². The van der Waals surface area contributed by atoms with E-state index in [0.717, 1.165) is 12.5 Å². The Balaban J connectivity index is 1.84. The Kier molecular flexibility index (Phi) is 4.23. The Morgan fingerprint density at radius 3 is 2.71 bits per heavy atom. The SMILES string of the molecule is CC(C)N(CC1CC1)C(CN)c1ccc2c(c1)CCN2C. The first-order valence-corrected chi connectivity index (χ1v) is 8.40. The third kappa shape index (κ3) is 3.09. The molecule has 1 fully saturated rings. The minimum atomic E-state index is 0.363. The van der Waals surface area contributed by atoms with Gasteiger partial charge in [0.05, 0.1) is 0 Å². The van der Waals surface area contributed by atoms with Crippen molar-refractivity contribution in [3.05, 3.63) is 29.3 Å². The molecule has 1 aliphatic heterocycles. The van der Waals surface area contributed by atoms with Crippen molar-refractivity contribution in [3.63, 3.8) is 0 Å². The second-order valence-corrected chi connectivity index (χ2v) is 7.05. The number of hydrogen-bond acceptors (Lipinski definition) is 3. The minimum Gasteiger partial charge on any atom is -0.374 e. The molecular formula is C18H29N3. The summed E-state index contributed by atoms with van der Waals surface area (Å²) in [4.78, 5) is 4.96. The first-order valence-electron chi connectivity index (χ1n) is 8.40. The summed E-state index contributed by atoms with van der Waals surface area (Å²) in [5.74, 6) is 0.905. The average molecular weight is 287 g/mol. The predicted molar refractivity (Wildman–Crippen MR) is 89.8 cm³/mol. The smallest absolute Gasteiger partial charge is 0.0473 e. The van der Waals surface area contributed by atoms with Crippen molar-refractivity contribution < 1.29 is 0 Å². The molecule has 1 unspecified atom stereocenters. The highest BCUT2D eigenvalue weighted by Gasteiger charge is 2.30. The Morgan fingerprint density at radius 2 is 2.10 bits per heavy atom. The number of benzene rings is 1. The number of fused-ring (bicyclic) bond motifs is 1. The fourth-order valence-corrected chi connectivity index (χ4v) is 3.55. The normalized spacial score (nSPS) is 19.4. The fraction of sp³-hybridized carbons (Fsp3) is 0.667. The molecule has 0 aromatic heterocycles. The van der Waals surface area contributed by atoms with Crippen LogP contribution in [0.25, 0.3) is 0 Å². The van der Waals surface area contributed by atoms with Crippen LogP contribution in [0.2, 0.25) is 0 Å². The Labute approximate surface area is 129 Å². The standard InChI is InChI=1S/C18H29N3/c1-13(2)21(12-14-4-5-14)18(11-19)15-6-7-17-16(10-15)8-9-20(17)3/h6-7,10,13-14,18H,4-5,8-9,11-12,19H2,1-3H3. The fourth-order valence-electron chi connectivity index (χ4n) is 3.55. The maximum absolute atomic E-state index is 6.16. The molecule has 1 aromatic rings. The number of likely N-dealkylation sites (N-methyl/N-ethyl adjacent to an activating group) is 1. The van der Waals surface area contributed by atoms with Crippen LogP contribution in [0, 0.1) is 5.92 Å². The molecule has 3 rings (SSSR count). The van der Waals surface area contributed by atoms with Gasteiger partial charge in [0, 0.05) is 44.5 Å². The summed E-state index contributed by atoms with van der Waals surface area (Å²) >= 11 is 0. The van der Waals surface area contributed by atoms with Gasteiger partial charge < -0.3 is 10.6 Å². The van der Waals surface area contributed by atoms with Crippen LogP contribution in [0.4, 0.5) is 5.69 Å². The maximum Gasteiger partial charge on any atom is 0.0473 e. The highest BCUT2D eigenvalue weighted by atomic mass is 15.2. The molecule has 1 heterocycles. The van der Waals surface area contributed by atoms with Gasteiger partial charge in [0.1, 0.15) is 0 Å². The van der Waals surface area contributed by atoms with Crippen molar-refractivity contribution in [3.8, 4) is 0 Å². The average Bonchev–Trinajstić information content (AvgIpc) is 3.21. The van der Waals surface area contributed by atoms with Crippen LogP contribution in [-0.2, 0) is 6.42 Å². The van der Waals surface area contributed by atoms with Gasteiger partial charge >= 0.3 is 0 Å². The molecule has 1 aromatic carbocycles. The summed E-state index contributed by atoms with van der Waals surface area (Å²) < 4.78 is 0. The first-order chi connectivity index (χ1) is 10.1. The van der Waals surface area contributed by atoms with Crippen LogP contribution in [0.1, 0.15) is 43.9 Å². The van der Waals surface area contributed by atoms with Crippen LogP contribution in [0.5, 0.6) is 0 Å². The zero-order valence-corrected chi connectivity index (χ0v) is 13.7. The summed E-state index contributed by atoms with van der Waals surface area (Å²) in [6, 6.07) is 7.89. The lowest BCUT2D eigenvalue weighted by Crippen LogP contribution is -2.40. The van der Waals surface area contributed by atoms with E-state index in [-0.39, 0.29) is 0 Å². The van der Waals surface area contributed by atoms with E-state index in [2.05, 4.69) is 48.9 Å². The molecule has 3 nitrogen and oxygen atoms in total. The van der Waals surface area contributed by atoms with E-state index in [1.807, 2.05) is 0 Å². The highest BCUT2D eigenvalue weighted by Crippen LogP contribution is 2.35. The van der Waals surface area contributed by atoms with Crippen molar-refractivity contribution in [1.82, 2.24) is 4.90 Å². The highest BCUT2D eigenvalue weighted by molar-refractivity contribution is 5.58. The Hall–Kier alpha value is -1.06. The molecular weight excluding hydrogens is 258 g/mol. The van der Waals surface area contributed by atoms with Crippen molar-refractivity contribution in [2.24, 2.45) is 11.7 Å². The zero-order chi connectivity index (χ0) is 15.0. The first kappa shape index (κ1) is 14.9. The van der Waals surface area contributed by atoms with E-state index in [4.69, 9.17) is 5.73 Å². The van der Waals surface area contributed by atoms with Crippen LogP contribution < -0.4 is 10.6 Å². The summed E-state index contributed by atoms with van der Waals surface area (Å²) in [7, 11) is 2.18. The lowest BCUT2D eigenvalue weighted by atomic mass is 9.99. The zero-order valence-electron chi connectivity index (χ0n) is 13.7. The van der Waals surface area contributed by atoms with Gasteiger partial charge in [-0.1, -0.05) is 12.1 Å². The third-order valence-corrected chi connectivity index (χ3v) is 5.07. The van der Waals surface area contributed by atoms with Crippen LogP contribution in [0.15, 0.2) is 18.2 Å². The maximum atomic E-state index is 6.16. The number of nitrogens with zero attached hydrogens (tertiary/aromatic N) is 2. The molecule has 0 saturated heterocycles. The van der Waals surface area contributed by atoms with Crippen LogP contribution >= 0.6 is 0 Å². The van der Waals surface area contributed by atoms with Gasteiger partial charge in [-0.25, -0.2) is 0 Å². The molecule has 1 atom stereocenters.